The SMILES string of the molecule is Cc1cc2n[13c]3c(=O)[nH][13c](=O)nc-3n(C[C@H](O)[C@H](O)[C@H](O)COP(=O)(O)OP(=O)(O)OC[C@H]3O[C@@H](n4cnc5c(N)ncnc54)[C@H](O)[C@@H]3O)c2cc1C. The van der Waals surface area contributed by atoms with Crippen molar-refractivity contribution in [3.05, 3.63) is 56.8 Å². The van der Waals surface area contributed by atoms with E-state index >= 15 is 0 Å². The van der Waals surface area contributed by atoms with Crippen LogP contribution in [0.5, 0.6) is 0 Å². The molecule has 10 N–H and O–H groups in total. The fourth-order valence-electron chi connectivity index (χ4n) is 5.55. The standard InChI is InChI=1S/C27H33N9O15P2/c1-10-3-12-13(4-11(10)2)35(24-18(32-12)25(42)34-27(43)33-24)5-14(37)19(39)15(38)6-48-52(44,45)51-53(46,47)49-7-16-20(40)21(41)26(50-16)36-9-31-17-22(28)29-8-30-23(17)36/h3-4,8-9,14-16,19-21,26,37-41H,5-7H2,1-2H3,(H,44,45)(H,46,47)(H2,28,29,30)(H,34,42,43)/t14-,15+,16+,19-,20+,21+,26+/m0/s1/i18+1,27+1. The molecule has 0 saturated carbocycles. The molecule has 3 aliphatic rings. The average Bonchev–Trinajstić information content (AvgIpc) is 3.63. The summed E-state index contributed by atoms with van der Waals surface area (Å²) < 4.78 is 46.6. The number of aryl methyl sites for hydroxylation is 2. The van der Waals surface area contributed by atoms with Crippen LogP contribution in [-0.4, -0.2) is 124 Å². The highest BCUT2D eigenvalue weighted by Crippen LogP contribution is 2.60. The van der Waals surface area contributed by atoms with Gasteiger partial charge in [0.1, 0.15) is 48.5 Å². The van der Waals surface area contributed by atoms with E-state index in [0.717, 1.165) is 17.5 Å². The first-order valence-electron chi connectivity index (χ1n) is 15.4. The van der Waals surface area contributed by atoms with E-state index < -0.39 is 89.5 Å². The quantitative estimate of drug-likeness (QED) is 0.0442. The molecule has 1 saturated heterocycles. The number of aliphatic hydroxyl groups excluding tert-OH is 5. The maximum absolute atomic E-state index is 12.5. The number of nitrogen functional groups attached to an aromatic ring is 1. The molecule has 1 fully saturated rings. The van der Waals surface area contributed by atoms with E-state index in [-0.39, 0.29) is 34.0 Å². The van der Waals surface area contributed by atoms with Gasteiger partial charge in [-0.25, -0.2) is 33.9 Å². The molecule has 3 aliphatic heterocycles. The molecule has 2 unspecified atom stereocenters. The van der Waals surface area contributed by atoms with Crippen LogP contribution in [-0.2, 0) is 33.8 Å². The van der Waals surface area contributed by atoms with Crippen LogP contribution in [0, 0.1) is 13.8 Å². The van der Waals surface area contributed by atoms with E-state index in [0.29, 0.717) is 5.52 Å². The summed E-state index contributed by atoms with van der Waals surface area (Å²) >= 11 is 0. The number of hydrogen-bond donors (Lipinski definition) is 9. The fraction of sp³-hybridized carbons (Fsp3) is 0.444. The summed E-state index contributed by atoms with van der Waals surface area (Å²) in [5.74, 6) is -0.212. The van der Waals surface area contributed by atoms with Crippen LogP contribution in [0.3, 0.4) is 0 Å². The van der Waals surface area contributed by atoms with Crippen LogP contribution in [0.2, 0.25) is 0 Å². The minimum absolute atomic E-state index is 0.0293. The van der Waals surface area contributed by atoms with Crippen molar-refractivity contribution >= 4 is 43.7 Å². The number of hydrogen-bond acceptors (Lipinski definition) is 19. The maximum atomic E-state index is 12.5. The minimum Gasteiger partial charge on any atom is -0.388 e. The molecule has 9 atom stereocenters. The zero-order valence-electron chi connectivity index (χ0n) is 27.5. The first-order valence-corrected chi connectivity index (χ1v) is 18.4. The lowest BCUT2D eigenvalue weighted by Gasteiger charge is -2.26. The summed E-state index contributed by atoms with van der Waals surface area (Å²) in [6.45, 7) is 0.795. The lowest BCUT2D eigenvalue weighted by Crippen LogP contribution is -2.42. The molecule has 0 radical (unpaired) electrons. The van der Waals surface area contributed by atoms with Gasteiger partial charge in [-0.2, -0.15) is 9.29 Å². The van der Waals surface area contributed by atoms with Crippen molar-refractivity contribution in [2.75, 3.05) is 18.9 Å². The molecule has 0 aliphatic carbocycles. The predicted octanol–water partition coefficient (Wildman–Crippen LogP) is -2.42. The number of aliphatic hydroxyl groups is 5. The second-order valence-electron chi connectivity index (χ2n) is 12.1. The van der Waals surface area contributed by atoms with Crippen molar-refractivity contribution in [1.82, 2.24) is 39.0 Å². The van der Waals surface area contributed by atoms with Crippen LogP contribution in [0.15, 0.2) is 34.4 Å². The van der Waals surface area contributed by atoms with E-state index in [1.807, 2.05) is 4.98 Å². The van der Waals surface area contributed by atoms with Crippen LogP contribution in [0.1, 0.15) is 17.4 Å². The molecule has 6 rings (SSSR count). The summed E-state index contributed by atoms with van der Waals surface area (Å²) in [4.78, 5) is 66.6. The molecule has 0 bridgehead atoms. The third-order valence-corrected chi connectivity index (χ3v) is 11.0. The number of phosphoric acid groups is 2. The summed E-state index contributed by atoms with van der Waals surface area (Å²) in [6, 6.07) is 3.29. The zero-order valence-corrected chi connectivity index (χ0v) is 29.3. The molecule has 3 aromatic rings. The number of benzene rings is 1. The first kappa shape index (κ1) is 38.6. The smallest absolute Gasteiger partial charge is 0.388 e. The number of ether oxygens (including phenoxy) is 1. The zero-order chi connectivity index (χ0) is 38.6. The Morgan fingerprint density at radius 2 is 1.68 bits per heavy atom. The number of phosphoric ester groups is 2. The van der Waals surface area contributed by atoms with Crippen LogP contribution < -0.4 is 17.0 Å². The highest BCUT2D eigenvalue weighted by molar-refractivity contribution is 7.61. The van der Waals surface area contributed by atoms with Crippen LogP contribution >= 0.6 is 15.6 Å². The Bertz CT molecular complexity index is 2350. The predicted molar refractivity (Wildman–Crippen MR) is 177 cm³/mol. The number of anilines is 1. The number of fused-ring (bicyclic) bond motifs is 3. The molecule has 0 spiro atoms. The van der Waals surface area contributed by atoms with E-state index in [1.54, 1.807) is 26.0 Å². The third-order valence-electron chi connectivity index (χ3n) is 8.40. The Balaban J connectivity index is 1.07. The second kappa shape index (κ2) is 14.6. The summed E-state index contributed by atoms with van der Waals surface area (Å²) in [5.41, 5.74) is 6.11. The molecular formula is C27H33N9O15P2. The third kappa shape index (κ3) is 7.91. The van der Waals surface area contributed by atoms with Gasteiger partial charge in [0, 0.05) is 0 Å². The number of rotatable bonds is 13. The Morgan fingerprint density at radius 1 is 0.981 bits per heavy atom. The number of imidazole rings is 1. The Morgan fingerprint density at radius 3 is 2.42 bits per heavy atom. The number of nitrogens with one attached hydrogen (secondary N) is 1. The molecule has 5 heterocycles. The fourth-order valence-corrected chi connectivity index (χ4v) is 7.65. The van der Waals surface area contributed by atoms with Crippen molar-refractivity contribution in [1.29, 1.82) is 0 Å². The molecule has 26 heteroatoms. The van der Waals surface area contributed by atoms with E-state index in [4.69, 9.17) is 15.0 Å². The summed E-state index contributed by atoms with van der Waals surface area (Å²) in [7, 11) is -11.0. The van der Waals surface area contributed by atoms with E-state index in [9.17, 15) is 54.0 Å². The molecular weight excluding hydrogens is 754 g/mol. The first-order chi connectivity index (χ1) is 24.9. The van der Waals surface area contributed by atoms with Crippen LogP contribution in [0.25, 0.3) is 33.7 Å². The van der Waals surface area contributed by atoms with Gasteiger partial charge >= 0.3 is 21.3 Å². The minimum atomic E-state index is -5.54. The number of H-pyrrole nitrogens is 1. The number of nitrogens with zero attached hydrogens (tertiary/aromatic N) is 7. The number of aromatic amines is 1. The van der Waals surface area contributed by atoms with Gasteiger partial charge in [-0.3, -0.25) is 23.4 Å². The van der Waals surface area contributed by atoms with E-state index in [2.05, 4.69) is 33.8 Å². The van der Waals surface area contributed by atoms with Crippen molar-refractivity contribution < 1.29 is 62.5 Å². The summed E-state index contributed by atoms with van der Waals surface area (Å²) in [6.07, 6.45) is -9.93. The summed E-state index contributed by atoms with van der Waals surface area (Å²) in [5, 5.41) is 53.0. The molecule has 1 aromatic carbocycles. The van der Waals surface area contributed by atoms with Gasteiger partial charge in [0.05, 0.1) is 37.1 Å². The Labute approximate surface area is 295 Å². The monoisotopic (exact) mass is 787 g/mol. The second-order valence-corrected chi connectivity index (χ2v) is 15.1. The van der Waals surface area contributed by atoms with Crippen molar-refractivity contribution in [3.8, 4) is 11.5 Å². The van der Waals surface area contributed by atoms with Crippen molar-refractivity contribution in [2.45, 2.75) is 63.2 Å². The molecule has 0 amide bonds. The Kier molecular flexibility index (Phi) is 10.6. The Hall–Kier alpha value is -4.13. The molecule has 24 nitrogen and oxygen atoms in total. The molecule has 286 valence electrons. The van der Waals surface area contributed by atoms with Gasteiger partial charge in [-0.1, -0.05) is 0 Å². The highest BCUT2D eigenvalue weighted by Gasteiger charge is 2.46. The maximum Gasteiger partial charge on any atom is 0.481 e. The van der Waals surface area contributed by atoms with Gasteiger partial charge in [0.15, 0.2) is 29.2 Å². The van der Waals surface area contributed by atoms with E-state index in [1.165, 1.54) is 15.5 Å². The molecule has 2 aromatic heterocycles. The number of nitrogens with two attached hydrogens (primary N) is 1. The van der Waals surface area contributed by atoms with Gasteiger partial charge in [0.2, 0.25) is 0 Å². The van der Waals surface area contributed by atoms with Crippen molar-refractivity contribution in [2.24, 2.45) is 0 Å². The molecule has 53 heavy (non-hydrogen) atoms. The van der Waals surface area contributed by atoms with Gasteiger partial charge in [0.25, 0.3) is 5.56 Å². The highest BCUT2D eigenvalue weighted by atomic mass is 31.3. The van der Waals surface area contributed by atoms with Gasteiger partial charge in [-0.15, -0.1) is 0 Å². The average molecular weight is 788 g/mol. The number of aromatic nitrogens is 8. The lowest BCUT2D eigenvalue weighted by molar-refractivity contribution is -0.0794. The lowest BCUT2D eigenvalue weighted by atomic mass is 10.1. The van der Waals surface area contributed by atoms with Gasteiger partial charge < -0.3 is 50.4 Å². The van der Waals surface area contributed by atoms with Crippen LogP contribution in [0.4, 0.5) is 5.82 Å². The van der Waals surface area contributed by atoms with Gasteiger partial charge in [-0.05, 0) is 37.1 Å². The van der Waals surface area contributed by atoms with Crippen molar-refractivity contribution in [3.63, 3.8) is 0 Å². The largest absolute Gasteiger partial charge is 0.481 e. The normalized spacial score (nSPS) is 23.3. The topological polar surface area (TPSA) is 363 Å².